The molecule has 0 atom stereocenters. The topological polar surface area (TPSA) is 82.3 Å². The van der Waals surface area contributed by atoms with E-state index in [0.717, 1.165) is 5.56 Å². The van der Waals surface area contributed by atoms with Crippen molar-refractivity contribution in [3.05, 3.63) is 93.7 Å². The Bertz CT molecular complexity index is 939. The van der Waals surface area contributed by atoms with Crippen molar-refractivity contribution in [3.63, 3.8) is 0 Å². The first kappa shape index (κ1) is 16.3. The highest BCUT2D eigenvalue weighted by Crippen LogP contribution is 2.30. The number of aryl methyl sites for hydroxylation is 1. The number of carbonyl (C=O) groups is 1. The molecule has 0 unspecified atom stereocenters. The van der Waals surface area contributed by atoms with Gasteiger partial charge in [-0.25, -0.2) is 4.98 Å². The molecule has 3 rings (SSSR count). The third-order valence-electron chi connectivity index (χ3n) is 3.62. The second-order valence-electron chi connectivity index (χ2n) is 5.36. The molecule has 124 valence electrons. The molecule has 1 heterocycles. The molecule has 0 saturated carbocycles. The molecule has 0 amide bonds. The van der Waals surface area contributed by atoms with Gasteiger partial charge < -0.3 is 4.74 Å². The van der Waals surface area contributed by atoms with E-state index in [1.807, 2.05) is 13.0 Å². The normalized spacial score (nSPS) is 10.3. The molecule has 0 aliphatic heterocycles. The Hall–Kier alpha value is -3.54. The lowest BCUT2D eigenvalue weighted by Gasteiger charge is -2.12. The number of hydrogen-bond donors (Lipinski definition) is 0. The van der Waals surface area contributed by atoms with E-state index in [4.69, 9.17) is 4.74 Å². The van der Waals surface area contributed by atoms with E-state index in [9.17, 15) is 14.9 Å². The van der Waals surface area contributed by atoms with Crippen molar-refractivity contribution in [1.82, 2.24) is 4.98 Å². The number of ether oxygens (including phenoxy) is 1. The van der Waals surface area contributed by atoms with Gasteiger partial charge in [0.15, 0.2) is 5.78 Å². The van der Waals surface area contributed by atoms with Crippen molar-refractivity contribution in [2.24, 2.45) is 0 Å². The van der Waals surface area contributed by atoms with Crippen LogP contribution in [0.5, 0.6) is 11.6 Å². The van der Waals surface area contributed by atoms with Crippen molar-refractivity contribution in [2.45, 2.75) is 6.92 Å². The van der Waals surface area contributed by atoms with Gasteiger partial charge >= 0.3 is 0 Å². The lowest BCUT2D eigenvalue weighted by molar-refractivity contribution is -0.384. The third-order valence-corrected chi connectivity index (χ3v) is 3.62. The van der Waals surface area contributed by atoms with Crippen LogP contribution in [0.3, 0.4) is 0 Å². The highest BCUT2D eigenvalue weighted by molar-refractivity contribution is 6.11. The van der Waals surface area contributed by atoms with Gasteiger partial charge in [-0.3, -0.25) is 14.9 Å². The van der Waals surface area contributed by atoms with Gasteiger partial charge in [-0.05, 0) is 24.6 Å². The van der Waals surface area contributed by atoms with Crippen LogP contribution in [0.1, 0.15) is 21.5 Å². The number of para-hydroxylation sites is 1. The highest BCUT2D eigenvalue weighted by atomic mass is 16.6. The van der Waals surface area contributed by atoms with Crippen LogP contribution in [-0.2, 0) is 0 Å². The highest BCUT2D eigenvalue weighted by Gasteiger charge is 2.19. The van der Waals surface area contributed by atoms with Crippen LogP contribution in [0.2, 0.25) is 0 Å². The van der Waals surface area contributed by atoms with E-state index in [1.54, 1.807) is 42.6 Å². The summed E-state index contributed by atoms with van der Waals surface area (Å²) in [7, 11) is 0. The average Bonchev–Trinajstić information content (AvgIpc) is 2.64. The molecule has 3 aromatic rings. The standard InChI is InChI=1S/C19H14N2O4/c1-13-6-4-9-16(19(13)25-17-10-2-3-11-20-17)18(22)14-7-5-8-15(12-14)21(23)24/h2-12H,1H3. The minimum absolute atomic E-state index is 0.134. The van der Waals surface area contributed by atoms with Crippen molar-refractivity contribution < 1.29 is 14.5 Å². The summed E-state index contributed by atoms with van der Waals surface area (Å²) in [5, 5.41) is 10.9. The van der Waals surface area contributed by atoms with E-state index in [1.165, 1.54) is 18.2 Å². The number of nitrogens with zero attached hydrogens (tertiary/aromatic N) is 2. The van der Waals surface area contributed by atoms with Crippen LogP contribution in [-0.4, -0.2) is 15.7 Å². The summed E-state index contributed by atoms with van der Waals surface area (Å²) in [5.41, 5.74) is 1.18. The zero-order chi connectivity index (χ0) is 17.8. The number of rotatable bonds is 5. The Balaban J connectivity index is 2.02. The Kier molecular flexibility index (Phi) is 4.52. The fraction of sp³-hybridized carbons (Fsp3) is 0.0526. The minimum atomic E-state index is -0.529. The quantitative estimate of drug-likeness (QED) is 0.394. The Morgan fingerprint density at radius 1 is 1.08 bits per heavy atom. The number of hydrogen-bond acceptors (Lipinski definition) is 5. The summed E-state index contributed by atoms with van der Waals surface area (Å²) in [4.78, 5) is 27.4. The number of pyridine rings is 1. The third kappa shape index (κ3) is 3.53. The zero-order valence-corrected chi connectivity index (χ0v) is 13.4. The van der Waals surface area contributed by atoms with Gasteiger partial charge in [0.1, 0.15) is 5.75 Å². The SMILES string of the molecule is Cc1cccc(C(=O)c2cccc([N+](=O)[O-])c2)c1Oc1ccccn1. The fourth-order valence-electron chi connectivity index (χ4n) is 2.39. The van der Waals surface area contributed by atoms with Crippen LogP contribution in [0.25, 0.3) is 0 Å². The lowest BCUT2D eigenvalue weighted by atomic mass is 10.00. The summed E-state index contributed by atoms with van der Waals surface area (Å²) in [6.07, 6.45) is 1.59. The summed E-state index contributed by atoms with van der Waals surface area (Å²) in [6, 6.07) is 16.1. The van der Waals surface area contributed by atoms with Gasteiger partial charge in [-0.2, -0.15) is 0 Å². The summed E-state index contributed by atoms with van der Waals surface area (Å²) < 4.78 is 5.79. The van der Waals surface area contributed by atoms with Crippen LogP contribution in [0, 0.1) is 17.0 Å². The number of carbonyl (C=O) groups excluding carboxylic acids is 1. The predicted octanol–water partition coefficient (Wildman–Crippen LogP) is 4.32. The number of benzene rings is 2. The summed E-state index contributed by atoms with van der Waals surface area (Å²) in [6.45, 7) is 1.82. The first-order chi connectivity index (χ1) is 12.1. The van der Waals surface area contributed by atoms with Crippen molar-refractivity contribution >= 4 is 11.5 Å². The van der Waals surface area contributed by atoms with Crippen molar-refractivity contribution in [1.29, 1.82) is 0 Å². The molecule has 2 aromatic carbocycles. The maximum Gasteiger partial charge on any atom is 0.270 e. The van der Waals surface area contributed by atoms with E-state index < -0.39 is 4.92 Å². The molecule has 0 bridgehead atoms. The number of ketones is 1. The number of aromatic nitrogens is 1. The van der Waals surface area contributed by atoms with E-state index >= 15 is 0 Å². The minimum Gasteiger partial charge on any atom is -0.438 e. The molecule has 6 heteroatoms. The van der Waals surface area contributed by atoms with E-state index in [-0.39, 0.29) is 17.0 Å². The largest absolute Gasteiger partial charge is 0.438 e. The Labute approximate surface area is 143 Å². The second kappa shape index (κ2) is 6.92. The second-order valence-corrected chi connectivity index (χ2v) is 5.36. The molecule has 0 N–H and O–H groups in total. The van der Waals surface area contributed by atoms with Crippen LogP contribution < -0.4 is 4.74 Å². The van der Waals surface area contributed by atoms with Crippen LogP contribution >= 0.6 is 0 Å². The molecule has 0 aliphatic rings. The first-order valence-corrected chi connectivity index (χ1v) is 7.54. The smallest absolute Gasteiger partial charge is 0.270 e. The van der Waals surface area contributed by atoms with Gasteiger partial charge in [0, 0.05) is 30.0 Å². The van der Waals surface area contributed by atoms with Gasteiger partial charge in [0.05, 0.1) is 10.5 Å². The molecular weight excluding hydrogens is 320 g/mol. The first-order valence-electron chi connectivity index (χ1n) is 7.54. The zero-order valence-electron chi connectivity index (χ0n) is 13.4. The maximum atomic E-state index is 12.9. The van der Waals surface area contributed by atoms with E-state index in [0.29, 0.717) is 17.2 Å². The van der Waals surface area contributed by atoms with Crippen molar-refractivity contribution in [3.8, 4) is 11.6 Å². The molecule has 0 saturated heterocycles. The molecule has 0 aliphatic carbocycles. The Morgan fingerprint density at radius 3 is 2.60 bits per heavy atom. The maximum absolute atomic E-state index is 12.9. The molecule has 0 radical (unpaired) electrons. The Morgan fingerprint density at radius 2 is 1.88 bits per heavy atom. The average molecular weight is 334 g/mol. The fourth-order valence-corrected chi connectivity index (χ4v) is 2.39. The van der Waals surface area contributed by atoms with E-state index in [2.05, 4.69) is 4.98 Å². The monoisotopic (exact) mass is 334 g/mol. The molecule has 0 fully saturated rings. The number of nitro benzene ring substituents is 1. The predicted molar refractivity (Wildman–Crippen MR) is 92.0 cm³/mol. The summed E-state index contributed by atoms with van der Waals surface area (Å²) in [5.74, 6) is 0.404. The van der Waals surface area contributed by atoms with Crippen LogP contribution in [0.4, 0.5) is 5.69 Å². The van der Waals surface area contributed by atoms with Gasteiger partial charge in [0.25, 0.3) is 5.69 Å². The molecule has 6 nitrogen and oxygen atoms in total. The molecular formula is C19H14N2O4. The van der Waals surface area contributed by atoms with Gasteiger partial charge in [-0.1, -0.05) is 30.3 Å². The van der Waals surface area contributed by atoms with Crippen LogP contribution in [0.15, 0.2) is 66.9 Å². The molecule has 1 aromatic heterocycles. The number of nitro groups is 1. The van der Waals surface area contributed by atoms with Gasteiger partial charge in [0.2, 0.25) is 5.88 Å². The number of non-ortho nitro benzene ring substituents is 1. The van der Waals surface area contributed by atoms with Gasteiger partial charge in [-0.15, -0.1) is 0 Å². The summed E-state index contributed by atoms with van der Waals surface area (Å²) >= 11 is 0. The lowest BCUT2D eigenvalue weighted by Crippen LogP contribution is -2.05. The van der Waals surface area contributed by atoms with Crippen molar-refractivity contribution in [2.75, 3.05) is 0 Å². The molecule has 25 heavy (non-hydrogen) atoms. The molecule has 0 spiro atoms.